The van der Waals surface area contributed by atoms with Gasteiger partial charge in [-0.3, -0.25) is 4.79 Å². The van der Waals surface area contributed by atoms with E-state index in [1.54, 1.807) is 18.2 Å². The maximum Gasteiger partial charge on any atom is 0.337 e. The van der Waals surface area contributed by atoms with Gasteiger partial charge in [0.25, 0.3) is 0 Å². The van der Waals surface area contributed by atoms with Crippen LogP contribution in [0.5, 0.6) is 0 Å². The quantitative estimate of drug-likeness (QED) is 0.786. The van der Waals surface area contributed by atoms with Crippen molar-refractivity contribution in [3.8, 4) is 0 Å². The van der Waals surface area contributed by atoms with E-state index in [0.29, 0.717) is 23.7 Å². The molecule has 0 saturated carbocycles. The number of carboxylic acids is 1. The first kappa shape index (κ1) is 14.9. The monoisotopic (exact) mass is 314 g/mol. The number of benzene rings is 1. The minimum Gasteiger partial charge on any atom is -0.479 e. The number of aliphatic carboxylic acids is 1. The van der Waals surface area contributed by atoms with E-state index in [-0.39, 0.29) is 5.78 Å². The van der Waals surface area contributed by atoms with Gasteiger partial charge in [-0.15, -0.1) is 0 Å². The molecule has 0 aliphatic carbocycles. The van der Waals surface area contributed by atoms with Crippen molar-refractivity contribution >= 4 is 27.7 Å². The highest BCUT2D eigenvalue weighted by atomic mass is 79.9. The van der Waals surface area contributed by atoms with Crippen LogP contribution in [-0.2, 0) is 22.4 Å². The molecule has 1 atom stereocenters. The molecule has 98 valence electrons. The Hall–Kier alpha value is -1.20. The fourth-order valence-electron chi connectivity index (χ4n) is 1.72. The van der Waals surface area contributed by atoms with Gasteiger partial charge in [0.1, 0.15) is 5.78 Å². The second-order valence-corrected chi connectivity index (χ2v) is 4.53. The van der Waals surface area contributed by atoms with Crippen molar-refractivity contribution in [3.63, 3.8) is 0 Å². The SMILES string of the molecule is CCc1cc(C(O)C(=O)O)ccc1CC(=O)CBr. The zero-order chi connectivity index (χ0) is 13.7. The Labute approximate surface area is 114 Å². The number of carboxylic acid groups (broad SMARTS) is 1. The number of ketones is 1. The smallest absolute Gasteiger partial charge is 0.337 e. The van der Waals surface area contributed by atoms with E-state index in [4.69, 9.17) is 5.11 Å². The lowest BCUT2D eigenvalue weighted by atomic mass is 9.96. The lowest BCUT2D eigenvalue weighted by Crippen LogP contribution is -2.12. The van der Waals surface area contributed by atoms with Crippen LogP contribution in [0.1, 0.15) is 29.7 Å². The van der Waals surface area contributed by atoms with Crippen molar-refractivity contribution in [2.24, 2.45) is 0 Å². The second-order valence-electron chi connectivity index (χ2n) is 3.97. The molecular formula is C13H15BrO4. The predicted molar refractivity (Wildman–Crippen MR) is 70.9 cm³/mol. The lowest BCUT2D eigenvalue weighted by Gasteiger charge is -2.11. The molecule has 1 unspecified atom stereocenters. The van der Waals surface area contributed by atoms with Gasteiger partial charge in [0.15, 0.2) is 6.10 Å². The van der Waals surface area contributed by atoms with Crippen LogP contribution in [0.2, 0.25) is 0 Å². The van der Waals surface area contributed by atoms with Crippen LogP contribution in [0.15, 0.2) is 18.2 Å². The van der Waals surface area contributed by atoms with Crippen molar-refractivity contribution in [2.45, 2.75) is 25.9 Å². The molecule has 1 aromatic carbocycles. The third kappa shape index (κ3) is 3.65. The number of halogens is 1. The Morgan fingerprint density at radius 2 is 2.00 bits per heavy atom. The Balaban J connectivity index is 3.03. The first-order chi connectivity index (χ1) is 8.49. The molecule has 0 fully saturated rings. The summed E-state index contributed by atoms with van der Waals surface area (Å²) in [6.07, 6.45) is -0.514. The molecule has 1 rings (SSSR count). The summed E-state index contributed by atoms with van der Waals surface area (Å²) >= 11 is 3.11. The highest BCUT2D eigenvalue weighted by molar-refractivity contribution is 9.09. The Morgan fingerprint density at radius 1 is 1.33 bits per heavy atom. The fraction of sp³-hybridized carbons (Fsp3) is 0.385. The van der Waals surface area contributed by atoms with Crippen LogP contribution < -0.4 is 0 Å². The summed E-state index contributed by atoms with van der Waals surface area (Å²) in [4.78, 5) is 22.1. The van der Waals surface area contributed by atoms with Crippen LogP contribution in [0.3, 0.4) is 0 Å². The molecule has 0 bridgehead atoms. The van der Waals surface area contributed by atoms with E-state index in [1.807, 2.05) is 6.92 Å². The van der Waals surface area contributed by atoms with Crippen LogP contribution in [0, 0.1) is 0 Å². The number of carbonyl (C=O) groups is 2. The highest BCUT2D eigenvalue weighted by Crippen LogP contribution is 2.19. The molecule has 0 aromatic heterocycles. The van der Waals surface area contributed by atoms with Crippen LogP contribution in [0.4, 0.5) is 0 Å². The molecule has 0 aliphatic heterocycles. The third-order valence-electron chi connectivity index (χ3n) is 2.70. The Kier molecular flexibility index (Phi) is 5.50. The fourth-order valence-corrected chi connectivity index (χ4v) is 1.92. The number of hydrogen-bond acceptors (Lipinski definition) is 3. The van der Waals surface area contributed by atoms with E-state index in [2.05, 4.69) is 15.9 Å². The molecule has 0 radical (unpaired) electrons. The normalized spacial score (nSPS) is 12.2. The van der Waals surface area contributed by atoms with Crippen molar-refractivity contribution in [1.29, 1.82) is 0 Å². The van der Waals surface area contributed by atoms with Crippen LogP contribution in [0.25, 0.3) is 0 Å². The molecule has 0 saturated heterocycles. The number of rotatable bonds is 6. The number of aliphatic hydroxyl groups is 1. The molecule has 18 heavy (non-hydrogen) atoms. The molecular weight excluding hydrogens is 300 g/mol. The van der Waals surface area contributed by atoms with E-state index in [0.717, 1.165) is 11.1 Å². The van der Waals surface area contributed by atoms with Gasteiger partial charge in [0.2, 0.25) is 0 Å². The molecule has 0 aliphatic rings. The van der Waals surface area contributed by atoms with Crippen LogP contribution >= 0.6 is 15.9 Å². The van der Waals surface area contributed by atoms with Gasteiger partial charge in [-0.1, -0.05) is 41.1 Å². The molecule has 0 amide bonds. The molecule has 5 heteroatoms. The Morgan fingerprint density at radius 3 is 2.50 bits per heavy atom. The topological polar surface area (TPSA) is 74.6 Å². The predicted octanol–water partition coefficient (Wildman–Crippen LogP) is 1.87. The summed E-state index contributed by atoms with van der Waals surface area (Å²) in [6, 6.07) is 4.91. The van der Waals surface area contributed by atoms with Gasteiger partial charge in [0.05, 0.1) is 5.33 Å². The first-order valence-electron chi connectivity index (χ1n) is 5.59. The number of hydrogen-bond donors (Lipinski definition) is 2. The highest BCUT2D eigenvalue weighted by Gasteiger charge is 2.17. The summed E-state index contributed by atoms with van der Waals surface area (Å²) in [5, 5.41) is 18.5. The van der Waals surface area contributed by atoms with E-state index >= 15 is 0 Å². The average molecular weight is 315 g/mol. The van der Waals surface area contributed by atoms with Gasteiger partial charge in [-0.2, -0.15) is 0 Å². The Bertz CT molecular complexity index is 456. The van der Waals surface area contributed by atoms with Gasteiger partial charge < -0.3 is 10.2 Å². The molecule has 2 N–H and O–H groups in total. The van der Waals surface area contributed by atoms with Gasteiger partial charge in [-0.25, -0.2) is 4.79 Å². The standard InChI is InChI=1S/C13H15BrO4/c1-2-8-5-10(12(16)13(17)18)4-3-9(8)6-11(15)7-14/h3-5,12,16H,2,6-7H2,1H3,(H,17,18). The number of Topliss-reactive ketones (excluding diaryl/α,β-unsaturated/α-hetero) is 1. The molecule has 0 spiro atoms. The summed E-state index contributed by atoms with van der Waals surface area (Å²) in [6.45, 7) is 1.92. The lowest BCUT2D eigenvalue weighted by molar-refractivity contribution is -0.147. The number of carbonyl (C=O) groups excluding carboxylic acids is 1. The minimum atomic E-state index is -1.52. The van der Waals surface area contributed by atoms with E-state index in [1.165, 1.54) is 0 Å². The average Bonchev–Trinajstić information content (AvgIpc) is 2.37. The zero-order valence-corrected chi connectivity index (χ0v) is 11.6. The van der Waals surface area contributed by atoms with Crippen molar-refractivity contribution in [3.05, 3.63) is 34.9 Å². The van der Waals surface area contributed by atoms with Crippen LogP contribution in [-0.4, -0.2) is 27.3 Å². The number of aliphatic hydroxyl groups excluding tert-OH is 1. The van der Waals surface area contributed by atoms with Gasteiger partial charge >= 0.3 is 5.97 Å². The summed E-state index contributed by atoms with van der Waals surface area (Å²) < 4.78 is 0. The summed E-state index contributed by atoms with van der Waals surface area (Å²) in [5.41, 5.74) is 2.11. The first-order valence-corrected chi connectivity index (χ1v) is 6.72. The minimum absolute atomic E-state index is 0.0660. The maximum absolute atomic E-state index is 11.4. The molecule has 4 nitrogen and oxygen atoms in total. The maximum atomic E-state index is 11.4. The summed E-state index contributed by atoms with van der Waals surface area (Å²) in [5.74, 6) is -1.21. The van der Waals surface area contributed by atoms with E-state index in [9.17, 15) is 14.7 Å². The van der Waals surface area contributed by atoms with Gasteiger partial charge in [0, 0.05) is 6.42 Å². The largest absolute Gasteiger partial charge is 0.479 e. The number of alkyl halides is 1. The van der Waals surface area contributed by atoms with Crippen molar-refractivity contribution in [1.82, 2.24) is 0 Å². The molecule has 0 heterocycles. The number of aryl methyl sites for hydroxylation is 1. The van der Waals surface area contributed by atoms with Crippen molar-refractivity contribution < 1.29 is 19.8 Å². The zero-order valence-electron chi connectivity index (χ0n) is 10.0. The summed E-state index contributed by atoms with van der Waals surface area (Å²) in [7, 11) is 0. The molecule has 1 aromatic rings. The third-order valence-corrected chi connectivity index (χ3v) is 3.32. The van der Waals surface area contributed by atoms with Crippen molar-refractivity contribution in [2.75, 3.05) is 5.33 Å². The van der Waals surface area contributed by atoms with E-state index < -0.39 is 12.1 Å². The van der Waals surface area contributed by atoms with Gasteiger partial charge in [-0.05, 0) is 23.1 Å². The second kappa shape index (κ2) is 6.66.